The zero-order chi connectivity index (χ0) is 25.7. The van der Waals surface area contributed by atoms with Gasteiger partial charge in [0.25, 0.3) is 5.91 Å². The van der Waals surface area contributed by atoms with Gasteiger partial charge in [0.15, 0.2) is 11.4 Å². The van der Waals surface area contributed by atoms with Crippen LogP contribution in [0.25, 0.3) is 0 Å². The number of halogens is 1. The summed E-state index contributed by atoms with van der Waals surface area (Å²) in [5.74, 6) is -0.150. The van der Waals surface area contributed by atoms with Gasteiger partial charge in [0.05, 0.1) is 0 Å². The number of nitrogens with zero attached hydrogens (tertiary/aromatic N) is 3. The van der Waals surface area contributed by atoms with Gasteiger partial charge in [-0.25, -0.2) is 4.39 Å². The van der Waals surface area contributed by atoms with Gasteiger partial charge in [-0.15, -0.1) is 11.8 Å². The largest absolute Gasteiger partial charge is 0.502 e. The summed E-state index contributed by atoms with van der Waals surface area (Å²) >= 11 is 1.67. The van der Waals surface area contributed by atoms with Gasteiger partial charge in [0.1, 0.15) is 18.0 Å². The van der Waals surface area contributed by atoms with Crippen LogP contribution in [0, 0.1) is 11.7 Å². The number of carbonyl (C=O) groups excluding carboxylic acids is 1. The topological polar surface area (TPSA) is 65.8 Å². The van der Waals surface area contributed by atoms with Crippen LogP contribution in [-0.4, -0.2) is 33.3 Å². The lowest BCUT2D eigenvalue weighted by Crippen LogP contribution is -2.64. The van der Waals surface area contributed by atoms with E-state index >= 15 is 4.39 Å². The van der Waals surface area contributed by atoms with Gasteiger partial charge in [-0.1, -0.05) is 56.5 Å². The number of carbonyl (C=O) groups is 1. The second-order valence-electron chi connectivity index (χ2n) is 10.2. The van der Waals surface area contributed by atoms with Crippen molar-refractivity contribution in [2.45, 2.75) is 61.9 Å². The summed E-state index contributed by atoms with van der Waals surface area (Å²) in [6, 6.07) is 14.0. The standard InChI is InChI=1S/C29H30FN3O3S/c1-2-3-7-18-12-14-31-24(16-18)33(32-15-13-22(34)28(35)27(32)29(31)36)26-20-9-4-5-11-23(20)37-17-19-8-6-10-21(30)25(19)26/h4-6,8-11,13,15,18,24,26,35H,2-3,7,12,14,16-17H2,1H3/t18?,24?,26-/m0/s1. The number of pyridine rings is 1. The van der Waals surface area contributed by atoms with Gasteiger partial charge < -0.3 is 10.0 Å². The molecule has 192 valence electrons. The predicted molar refractivity (Wildman–Crippen MR) is 142 cm³/mol. The number of aromatic hydroxyl groups is 1. The monoisotopic (exact) mass is 519 g/mol. The van der Waals surface area contributed by atoms with E-state index in [1.165, 1.54) is 12.1 Å². The van der Waals surface area contributed by atoms with Crippen LogP contribution >= 0.6 is 11.8 Å². The highest BCUT2D eigenvalue weighted by atomic mass is 32.2. The van der Waals surface area contributed by atoms with Gasteiger partial charge in [-0.05, 0) is 42.0 Å². The van der Waals surface area contributed by atoms with Crippen molar-refractivity contribution in [3.8, 4) is 5.75 Å². The molecule has 1 amide bonds. The maximum absolute atomic E-state index is 15.8. The third-order valence-corrected chi connectivity index (χ3v) is 9.14. The SMILES string of the molecule is CCCCC1CCN2C(=O)c3c(O)c(=O)ccn3N([C@H]3c4ccccc4SCc4cccc(F)c43)C2C1. The van der Waals surface area contributed by atoms with Crippen molar-refractivity contribution in [1.82, 2.24) is 9.58 Å². The van der Waals surface area contributed by atoms with E-state index in [0.717, 1.165) is 48.1 Å². The Morgan fingerprint density at radius 1 is 1.11 bits per heavy atom. The highest BCUT2D eigenvalue weighted by Crippen LogP contribution is 2.46. The van der Waals surface area contributed by atoms with E-state index in [0.29, 0.717) is 23.8 Å². The van der Waals surface area contributed by atoms with Gasteiger partial charge >= 0.3 is 0 Å². The average Bonchev–Trinajstić information content (AvgIpc) is 3.07. The molecule has 1 saturated heterocycles. The molecule has 6 nitrogen and oxygen atoms in total. The molecule has 2 aromatic carbocycles. The number of piperidine rings is 1. The van der Waals surface area contributed by atoms with Gasteiger partial charge in [0.2, 0.25) is 5.43 Å². The summed E-state index contributed by atoms with van der Waals surface area (Å²) in [6.07, 6.45) is 6.14. The van der Waals surface area contributed by atoms with Crippen LogP contribution in [0.15, 0.2) is 64.4 Å². The number of benzene rings is 2. The highest BCUT2D eigenvalue weighted by Gasteiger charge is 2.47. The predicted octanol–water partition coefficient (Wildman–Crippen LogP) is 5.41. The molecule has 1 fully saturated rings. The van der Waals surface area contributed by atoms with Crippen molar-refractivity contribution in [2.24, 2.45) is 5.92 Å². The fourth-order valence-corrected chi connectivity index (χ4v) is 7.26. The highest BCUT2D eigenvalue weighted by molar-refractivity contribution is 7.98. The number of hydrogen-bond donors (Lipinski definition) is 1. The van der Waals surface area contributed by atoms with E-state index in [2.05, 4.69) is 13.0 Å². The number of aromatic nitrogens is 1. The molecule has 3 aliphatic heterocycles. The van der Waals surface area contributed by atoms with Crippen molar-refractivity contribution in [2.75, 3.05) is 11.6 Å². The summed E-state index contributed by atoms with van der Waals surface area (Å²) in [7, 11) is 0. The minimum absolute atomic E-state index is 0.0528. The van der Waals surface area contributed by atoms with Crippen LogP contribution in [0.3, 0.4) is 0 Å². The van der Waals surface area contributed by atoms with Crippen molar-refractivity contribution in [1.29, 1.82) is 0 Å². The zero-order valence-electron chi connectivity index (χ0n) is 20.8. The molecule has 3 aromatic rings. The Morgan fingerprint density at radius 3 is 2.78 bits per heavy atom. The minimum Gasteiger partial charge on any atom is -0.502 e. The second kappa shape index (κ2) is 9.56. The number of rotatable bonds is 4. The zero-order valence-corrected chi connectivity index (χ0v) is 21.6. The lowest BCUT2D eigenvalue weighted by molar-refractivity contribution is 0.0366. The quantitative estimate of drug-likeness (QED) is 0.500. The fraction of sp³-hybridized carbons (Fsp3) is 0.379. The van der Waals surface area contributed by atoms with E-state index in [-0.39, 0.29) is 23.6 Å². The molecule has 0 saturated carbocycles. The molecular formula is C29H30FN3O3S. The van der Waals surface area contributed by atoms with Gasteiger partial charge in [-0.3, -0.25) is 19.3 Å². The van der Waals surface area contributed by atoms with E-state index < -0.39 is 17.2 Å². The molecule has 0 spiro atoms. The molecule has 1 N–H and O–H groups in total. The number of hydrogen-bond acceptors (Lipinski definition) is 5. The van der Waals surface area contributed by atoms with E-state index in [1.807, 2.05) is 29.3 Å². The maximum Gasteiger partial charge on any atom is 0.278 e. The Hall–Kier alpha value is -3.26. The first-order valence-corrected chi connectivity index (χ1v) is 14.0. The summed E-state index contributed by atoms with van der Waals surface area (Å²) in [5.41, 5.74) is 1.78. The molecule has 0 bridgehead atoms. The summed E-state index contributed by atoms with van der Waals surface area (Å²) < 4.78 is 17.4. The Bertz CT molecular complexity index is 1420. The number of thioether (sulfide) groups is 1. The first-order valence-electron chi connectivity index (χ1n) is 13.0. The molecule has 2 unspecified atom stereocenters. The van der Waals surface area contributed by atoms with Crippen molar-refractivity contribution >= 4 is 17.7 Å². The lowest BCUT2D eigenvalue weighted by atomic mass is 9.87. The molecule has 1 aromatic heterocycles. The van der Waals surface area contributed by atoms with Crippen LogP contribution in [-0.2, 0) is 5.75 Å². The van der Waals surface area contributed by atoms with Crippen LogP contribution in [0.4, 0.5) is 4.39 Å². The minimum atomic E-state index is -0.598. The average molecular weight is 520 g/mol. The summed E-state index contributed by atoms with van der Waals surface area (Å²) in [4.78, 5) is 29.0. The fourth-order valence-electron chi connectivity index (χ4n) is 6.18. The van der Waals surface area contributed by atoms with E-state index in [4.69, 9.17) is 0 Å². The molecule has 6 rings (SSSR count). The third kappa shape index (κ3) is 3.93. The number of fused-ring (bicyclic) bond motifs is 4. The maximum atomic E-state index is 15.8. The van der Waals surface area contributed by atoms with Crippen molar-refractivity contribution < 1.29 is 14.3 Å². The second-order valence-corrected chi connectivity index (χ2v) is 11.2. The van der Waals surface area contributed by atoms with Crippen LogP contribution in [0.5, 0.6) is 5.75 Å². The third-order valence-electron chi connectivity index (χ3n) is 8.00. The van der Waals surface area contributed by atoms with Crippen LogP contribution < -0.4 is 10.4 Å². The molecule has 4 heterocycles. The Labute approximate surface area is 219 Å². The summed E-state index contributed by atoms with van der Waals surface area (Å²) in [6.45, 7) is 2.71. The van der Waals surface area contributed by atoms with Crippen LogP contribution in [0.2, 0.25) is 0 Å². The lowest BCUT2D eigenvalue weighted by Gasteiger charge is -2.53. The Kier molecular flexibility index (Phi) is 6.23. The molecule has 37 heavy (non-hydrogen) atoms. The number of unbranched alkanes of at least 4 members (excludes halogenated alkanes) is 1. The molecule has 8 heteroatoms. The van der Waals surface area contributed by atoms with Crippen LogP contribution in [0.1, 0.15) is 72.2 Å². The van der Waals surface area contributed by atoms with E-state index in [9.17, 15) is 14.7 Å². The molecular weight excluding hydrogens is 489 g/mol. The first kappa shape index (κ1) is 24.1. The first-order chi connectivity index (χ1) is 18.0. The number of amides is 1. The molecule has 3 atom stereocenters. The van der Waals surface area contributed by atoms with E-state index in [1.54, 1.807) is 33.6 Å². The summed E-state index contributed by atoms with van der Waals surface area (Å²) in [5, 5.41) is 12.8. The van der Waals surface area contributed by atoms with Crippen molar-refractivity contribution in [3.63, 3.8) is 0 Å². The van der Waals surface area contributed by atoms with Gasteiger partial charge in [-0.2, -0.15) is 0 Å². The van der Waals surface area contributed by atoms with Gasteiger partial charge in [0, 0.05) is 35.0 Å². The van der Waals surface area contributed by atoms with Crippen molar-refractivity contribution in [3.05, 3.63) is 93.2 Å². The Morgan fingerprint density at radius 2 is 1.95 bits per heavy atom. The molecule has 0 radical (unpaired) electrons. The molecule has 0 aliphatic carbocycles. The smallest absolute Gasteiger partial charge is 0.278 e. The molecule has 3 aliphatic rings. The Balaban J connectivity index is 1.61. The normalized spacial score (nSPS) is 22.5.